The summed E-state index contributed by atoms with van der Waals surface area (Å²) >= 11 is 0. The van der Waals surface area contributed by atoms with Gasteiger partial charge in [-0.2, -0.15) is 0 Å². The zero-order valence-corrected chi connectivity index (χ0v) is 12.2. The number of pyridine rings is 1. The number of hydrogen-bond acceptors (Lipinski definition) is 3. The topological polar surface area (TPSA) is 28.2 Å². The molecule has 0 aliphatic rings. The lowest BCUT2D eigenvalue weighted by atomic mass is 9.98. The van der Waals surface area contributed by atoms with E-state index in [2.05, 4.69) is 49.1 Å². The van der Waals surface area contributed by atoms with Crippen LogP contribution in [0.2, 0.25) is 0 Å². The molecule has 0 amide bonds. The quantitative estimate of drug-likeness (QED) is 0.767. The molecule has 2 unspecified atom stereocenters. The van der Waals surface area contributed by atoms with E-state index in [1.807, 2.05) is 18.5 Å². The number of nitrogens with one attached hydrogen (secondary N) is 1. The maximum Gasteiger partial charge on any atom is 0.0312 e. The van der Waals surface area contributed by atoms with Crippen molar-refractivity contribution in [3.05, 3.63) is 30.1 Å². The molecule has 1 heterocycles. The van der Waals surface area contributed by atoms with Gasteiger partial charge in [0.15, 0.2) is 0 Å². The molecule has 0 spiro atoms. The van der Waals surface area contributed by atoms with Gasteiger partial charge in [-0.25, -0.2) is 0 Å². The van der Waals surface area contributed by atoms with Crippen LogP contribution in [-0.2, 0) is 6.54 Å². The van der Waals surface area contributed by atoms with Gasteiger partial charge >= 0.3 is 0 Å². The van der Waals surface area contributed by atoms with Gasteiger partial charge in [0.05, 0.1) is 0 Å². The molecular weight excluding hydrogens is 222 g/mol. The van der Waals surface area contributed by atoms with E-state index in [1.165, 1.54) is 12.0 Å². The molecule has 0 aliphatic heterocycles. The Morgan fingerprint density at radius 3 is 2.72 bits per heavy atom. The maximum absolute atomic E-state index is 4.16. The van der Waals surface area contributed by atoms with Crippen LogP contribution in [0.15, 0.2) is 24.5 Å². The van der Waals surface area contributed by atoms with Gasteiger partial charge in [-0.1, -0.05) is 33.3 Å². The Labute approximate surface area is 112 Å². The molecule has 1 aromatic heterocycles. The van der Waals surface area contributed by atoms with Gasteiger partial charge in [-0.3, -0.25) is 4.98 Å². The van der Waals surface area contributed by atoms with Gasteiger partial charge in [-0.15, -0.1) is 0 Å². The lowest BCUT2D eigenvalue weighted by Crippen LogP contribution is -2.43. The second kappa shape index (κ2) is 8.22. The number of rotatable bonds is 8. The molecule has 0 aromatic carbocycles. The van der Waals surface area contributed by atoms with Crippen LogP contribution in [0.5, 0.6) is 0 Å². The van der Waals surface area contributed by atoms with Crippen LogP contribution in [0.3, 0.4) is 0 Å². The van der Waals surface area contributed by atoms with Crippen LogP contribution >= 0.6 is 0 Å². The van der Waals surface area contributed by atoms with Crippen molar-refractivity contribution in [1.82, 2.24) is 15.2 Å². The summed E-state index contributed by atoms with van der Waals surface area (Å²) in [5.41, 5.74) is 1.28. The molecule has 0 aliphatic carbocycles. The summed E-state index contributed by atoms with van der Waals surface area (Å²) in [5.74, 6) is 0.710. The highest BCUT2D eigenvalue weighted by atomic mass is 15.1. The molecule has 3 heteroatoms. The van der Waals surface area contributed by atoms with Crippen molar-refractivity contribution in [3.63, 3.8) is 0 Å². The summed E-state index contributed by atoms with van der Waals surface area (Å²) in [4.78, 5) is 6.53. The van der Waals surface area contributed by atoms with Crippen molar-refractivity contribution >= 4 is 0 Å². The first-order valence-corrected chi connectivity index (χ1v) is 6.98. The molecular formula is C15H27N3. The minimum Gasteiger partial charge on any atom is -0.313 e. The Balaban J connectivity index is 2.48. The molecule has 0 bridgehead atoms. The van der Waals surface area contributed by atoms with Gasteiger partial charge in [0.1, 0.15) is 0 Å². The highest BCUT2D eigenvalue weighted by Gasteiger charge is 2.16. The standard InChI is InChI=1S/C15H27N3/c1-5-13(3)15(17-6-2)12-18(4)11-14-8-7-9-16-10-14/h7-10,13,15,17H,5-6,11-12H2,1-4H3. The lowest BCUT2D eigenvalue weighted by molar-refractivity contribution is 0.240. The third-order valence-corrected chi connectivity index (χ3v) is 3.48. The smallest absolute Gasteiger partial charge is 0.0312 e. The van der Waals surface area contributed by atoms with E-state index in [4.69, 9.17) is 0 Å². The monoisotopic (exact) mass is 249 g/mol. The summed E-state index contributed by atoms with van der Waals surface area (Å²) < 4.78 is 0. The summed E-state index contributed by atoms with van der Waals surface area (Å²) in [6.45, 7) is 9.84. The van der Waals surface area contributed by atoms with E-state index in [9.17, 15) is 0 Å². The van der Waals surface area contributed by atoms with Crippen molar-refractivity contribution in [2.24, 2.45) is 5.92 Å². The van der Waals surface area contributed by atoms with Gasteiger partial charge in [0, 0.05) is 31.5 Å². The molecule has 2 atom stereocenters. The molecule has 0 radical (unpaired) electrons. The van der Waals surface area contributed by atoms with E-state index in [-0.39, 0.29) is 0 Å². The van der Waals surface area contributed by atoms with Crippen LogP contribution in [-0.4, -0.2) is 36.1 Å². The summed E-state index contributed by atoms with van der Waals surface area (Å²) in [6.07, 6.45) is 4.99. The van der Waals surface area contributed by atoms with E-state index in [0.717, 1.165) is 19.6 Å². The first kappa shape index (κ1) is 15.1. The van der Waals surface area contributed by atoms with Gasteiger partial charge in [0.25, 0.3) is 0 Å². The Morgan fingerprint density at radius 2 is 2.17 bits per heavy atom. The Morgan fingerprint density at radius 1 is 1.39 bits per heavy atom. The van der Waals surface area contributed by atoms with Crippen molar-refractivity contribution in [2.75, 3.05) is 20.1 Å². The summed E-state index contributed by atoms with van der Waals surface area (Å²) in [7, 11) is 2.18. The first-order valence-electron chi connectivity index (χ1n) is 6.98. The molecule has 102 valence electrons. The molecule has 1 rings (SSSR count). The fourth-order valence-electron chi connectivity index (χ4n) is 2.20. The molecule has 1 aromatic rings. The van der Waals surface area contributed by atoms with E-state index < -0.39 is 0 Å². The SMILES string of the molecule is CCNC(CN(C)Cc1cccnc1)C(C)CC. The van der Waals surface area contributed by atoms with Crippen molar-refractivity contribution in [1.29, 1.82) is 0 Å². The number of likely N-dealkylation sites (N-methyl/N-ethyl adjacent to an activating group) is 2. The maximum atomic E-state index is 4.16. The third-order valence-electron chi connectivity index (χ3n) is 3.48. The second-order valence-corrected chi connectivity index (χ2v) is 5.11. The minimum atomic E-state index is 0.571. The van der Waals surface area contributed by atoms with Crippen LogP contribution in [0, 0.1) is 5.92 Å². The molecule has 0 saturated heterocycles. The van der Waals surface area contributed by atoms with Crippen LogP contribution in [0.4, 0.5) is 0 Å². The molecule has 1 N–H and O–H groups in total. The summed E-state index contributed by atoms with van der Waals surface area (Å²) in [6, 6.07) is 4.70. The predicted molar refractivity (Wildman–Crippen MR) is 77.5 cm³/mol. The average Bonchev–Trinajstić information content (AvgIpc) is 2.38. The summed E-state index contributed by atoms with van der Waals surface area (Å²) in [5, 5.41) is 3.59. The van der Waals surface area contributed by atoms with Crippen molar-refractivity contribution in [3.8, 4) is 0 Å². The van der Waals surface area contributed by atoms with E-state index in [0.29, 0.717) is 12.0 Å². The second-order valence-electron chi connectivity index (χ2n) is 5.11. The molecule has 0 fully saturated rings. The Hall–Kier alpha value is -0.930. The largest absolute Gasteiger partial charge is 0.313 e. The zero-order chi connectivity index (χ0) is 13.4. The highest BCUT2D eigenvalue weighted by Crippen LogP contribution is 2.10. The molecule has 0 saturated carbocycles. The minimum absolute atomic E-state index is 0.571. The number of aromatic nitrogens is 1. The normalized spacial score (nSPS) is 14.7. The Bertz CT molecular complexity index is 313. The van der Waals surface area contributed by atoms with Crippen molar-refractivity contribution in [2.45, 2.75) is 39.8 Å². The zero-order valence-electron chi connectivity index (χ0n) is 12.2. The average molecular weight is 249 g/mol. The van der Waals surface area contributed by atoms with Gasteiger partial charge in [0.2, 0.25) is 0 Å². The Kier molecular flexibility index (Phi) is 6.91. The number of hydrogen-bond donors (Lipinski definition) is 1. The van der Waals surface area contributed by atoms with Crippen LogP contribution < -0.4 is 5.32 Å². The molecule has 18 heavy (non-hydrogen) atoms. The fraction of sp³-hybridized carbons (Fsp3) is 0.667. The van der Waals surface area contributed by atoms with E-state index in [1.54, 1.807) is 0 Å². The lowest BCUT2D eigenvalue weighted by Gasteiger charge is -2.28. The third kappa shape index (κ3) is 5.15. The van der Waals surface area contributed by atoms with Gasteiger partial charge < -0.3 is 10.2 Å². The first-order chi connectivity index (χ1) is 8.67. The fourth-order valence-corrected chi connectivity index (χ4v) is 2.20. The van der Waals surface area contributed by atoms with E-state index >= 15 is 0 Å². The molecule has 3 nitrogen and oxygen atoms in total. The highest BCUT2D eigenvalue weighted by molar-refractivity contribution is 5.08. The van der Waals surface area contributed by atoms with Gasteiger partial charge in [-0.05, 0) is 31.1 Å². The number of nitrogens with zero attached hydrogens (tertiary/aromatic N) is 2. The predicted octanol–water partition coefficient (Wildman–Crippen LogP) is 2.54. The van der Waals surface area contributed by atoms with Crippen LogP contribution in [0.25, 0.3) is 0 Å². The van der Waals surface area contributed by atoms with Crippen LogP contribution in [0.1, 0.15) is 32.8 Å². The van der Waals surface area contributed by atoms with Crippen molar-refractivity contribution < 1.29 is 0 Å².